The number of nitrogens with zero attached hydrogens (tertiary/aromatic N) is 2. The molecule has 0 aromatic heterocycles. The normalized spacial score (nSPS) is 20.3. The van der Waals surface area contributed by atoms with E-state index in [9.17, 15) is 13.2 Å². The summed E-state index contributed by atoms with van der Waals surface area (Å²) in [5.41, 5.74) is 3.11. The van der Waals surface area contributed by atoms with Gasteiger partial charge in [-0.15, -0.1) is 0 Å². The van der Waals surface area contributed by atoms with Crippen LogP contribution in [0.25, 0.3) is 0 Å². The molecule has 1 fully saturated rings. The minimum absolute atomic E-state index is 0.0514. The monoisotopic (exact) mass is 412 g/mol. The van der Waals surface area contributed by atoms with Crippen molar-refractivity contribution in [3.8, 4) is 0 Å². The molecule has 2 aromatic rings. The van der Waals surface area contributed by atoms with Crippen molar-refractivity contribution in [1.82, 2.24) is 9.21 Å². The minimum Gasteiger partial charge on any atom is -0.343 e. The quantitative estimate of drug-likeness (QED) is 0.770. The van der Waals surface area contributed by atoms with E-state index in [1.165, 1.54) is 0 Å². The van der Waals surface area contributed by atoms with E-state index in [1.807, 2.05) is 48.2 Å². The van der Waals surface area contributed by atoms with Crippen molar-refractivity contribution < 1.29 is 13.2 Å². The van der Waals surface area contributed by atoms with Gasteiger partial charge in [0.2, 0.25) is 15.9 Å². The van der Waals surface area contributed by atoms with Crippen LogP contribution in [0.2, 0.25) is 0 Å². The Kier molecular flexibility index (Phi) is 5.74. The second-order valence-corrected chi connectivity index (χ2v) is 9.93. The molecule has 0 bridgehead atoms. The Balaban J connectivity index is 1.68. The summed E-state index contributed by atoms with van der Waals surface area (Å²) < 4.78 is 28.5. The topological polar surface area (TPSA) is 57.7 Å². The first-order valence-electron chi connectivity index (χ1n) is 10.4. The first-order valence-corrected chi connectivity index (χ1v) is 11.8. The maximum atomic E-state index is 13.5. The number of rotatable bonds is 4. The number of likely N-dealkylation sites (tertiary alicyclic amines) is 1. The molecule has 2 aliphatic heterocycles. The second-order valence-electron chi connectivity index (χ2n) is 8.04. The van der Waals surface area contributed by atoms with Crippen LogP contribution < -0.4 is 0 Å². The van der Waals surface area contributed by atoms with E-state index in [0.29, 0.717) is 13.0 Å². The molecule has 0 spiro atoms. The third kappa shape index (κ3) is 4.09. The van der Waals surface area contributed by atoms with Crippen molar-refractivity contribution in [2.45, 2.75) is 50.0 Å². The Hall–Kier alpha value is -2.18. The minimum atomic E-state index is -3.68. The molecule has 2 aliphatic rings. The SMILES string of the molecule is Cc1ccc(S(=O)(=O)N2CCc3ccccc3[C@@H]2CC(=O)N2CCCCC2)cc1. The molecule has 0 unspecified atom stereocenters. The van der Waals surface area contributed by atoms with E-state index in [1.54, 1.807) is 16.4 Å². The first kappa shape index (κ1) is 20.1. The molecule has 29 heavy (non-hydrogen) atoms. The molecule has 1 saturated heterocycles. The molecule has 154 valence electrons. The highest BCUT2D eigenvalue weighted by Gasteiger charge is 2.38. The predicted octanol–water partition coefficient (Wildman–Crippen LogP) is 3.69. The van der Waals surface area contributed by atoms with Crippen LogP contribution in [-0.4, -0.2) is 43.2 Å². The maximum absolute atomic E-state index is 13.5. The van der Waals surface area contributed by atoms with Crippen LogP contribution in [0.15, 0.2) is 53.4 Å². The van der Waals surface area contributed by atoms with Gasteiger partial charge in [0, 0.05) is 26.1 Å². The van der Waals surface area contributed by atoms with Gasteiger partial charge in [-0.1, -0.05) is 42.0 Å². The summed E-state index contributed by atoms with van der Waals surface area (Å²) in [5.74, 6) is 0.0514. The third-order valence-electron chi connectivity index (χ3n) is 6.07. The second kappa shape index (κ2) is 8.28. The molecular weight excluding hydrogens is 384 g/mol. The fourth-order valence-corrected chi connectivity index (χ4v) is 6.02. The summed E-state index contributed by atoms with van der Waals surface area (Å²) in [4.78, 5) is 15.2. The van der Waals surface area contributed by atoms with Crippen molar-refractivity contribution in [3.05, 3.63) is 65.2 Å². The Morgan fingerprint density at radius 3 is 2.38 bits per heavy atom. The fraction of sp³-hybridized carbons (Fsp3) is 0.435. The third-order valence-corrected chi connectivity index (χ3v) is 7.99. The summed E-state index contributed by atoms with van der Waals surface area (Å²) >= 11 is 0. The molecule has 2 heterocycles. The first-order chi connectivity index (χ1) is 14.0. The van der Waals surface area contributed by atoms with E-state index >= 15 is 0 Å². The van der Waals surface area contributed by atoms with Crippen LogP contribution in [0.5, 0.6) is 0 Å². The van der Waals surface area contributed by atoms with Crippen LogP contribution in [0.1, 0.15) is 48.4 Å². The Morgan fingerprint density at radius 1 is 0.966 bits per heavy atom. The summed E-state index contributed by atoms with van der Waals surface area (Å²) in [6.45, 7) is 3.88. The van der Waals surface area contributed by atoms with E-state index in [0.717, 1.165) is 49.0 Å². The van der Waals surface area contributed by atoms with Crippen LogP contribution >= 0.6 is 0 Å². The van der Waals surface area contributed by atoms with Gasteiger partial charge in [0.1, 0.15) is 0 Å². The van der Waals surface area contributed by atoms with Crippen LogP contribution in [0.4, 0.5) is 0 Å². The van der Waals surface area contributed by atoms with Crippen molar-refractivity contribution in [3.63, 3.8) is 0 Å². The van der Waals surface area contributed by atoms with Gasteiger partial charge >= 0.3 is 0 Å². The molecule has 1 atom stereocenters. The summed E-state index contributed by atoms with van der Waals surface area (Å²) in [7, 11) is -3.68. The lowest BCUT2D eigenvalue weighted by Gasteiger charge is -2.37. The molecule has 0 aliphatic carbocycles. The lowest BCUT2D eigenvalue weighted by molar-refractivity contribution is -0.133. The van der Waals surface area contributed by atoms with Gasteiger partial charge in [-0.2, -0.15) is 4.31 Å². The zero-order valence-corrected chi connectivity index (χ0v) is 17.7. The number of carbonyl (C=O) groups excluding carboxylic acids is 1. The van der Waals surface area contributed by atoms with Crippen molar-refractivity contribution in [2.75, 3.05) is 19.6 Å². The van der Waals surface area contributed by atoms with Crippen LogP contribution in [0.3, 0.4) is 0 Å². The van der Waals surface area contributed by atoms with E-state index < -0.39 is 16.1 Å². The van der Waals surface area contributed by atoms with Gasteiger partial charge in [0.05, 0.1) is 10.9 Å². The Labute approximate surface area is 173 Å². The number of sulfonamides is 1. The Bertz CT molecular complexity index is 979. The summed E-state index contributed by atoms with van der Waals surface area (Å²) in [6, 6.07) is 14.4. The smallest absolute Gasteiger partial charge is 0.243 e. The highest BCUT2D eigenvalue weighted by atomic mass is 32.2. The van der Waals surface area contributed by atoms with Crippen LogP contribution in [-0.2, 0) is 21.2 Å². The maximum Gasteiger partial charge on any atom is 0.243 e. The molecule has 0 N–H and O–H groups in total. The number of benzene rings is 2. The zero-order valence-electron chi connectivity index (χ0n) is 16.9. The van der Waals surface area contributed by atoms with Crippen molar-refractivity contribution in [1.29, 1.82) is 0 Å². The van der Waals surface area contributed by atoms with E-state index in [2.05, 4.69) is 0 Å². The molecule has 1 amide bonds. The number of hydrogen-bond acceptors (Lipinski definition) is 3. The lowest BCUT2D eigenvalue weighted by atomic mass is 9.92. The molecule has 2 aromatic carbocycles. The standard InChI is InChI=1S/C23H28N2O3S/c1-18-9-11-20(12-10-18)29(27,28)25-16-13-19-7-3-4-8-21(19)22(25)17-23(26)24-14-5-2-6-15-24/h3-4,7-12,22H,2,5-6,13-17H2,1H3/t22-/m0/s1. The zero-order chi connectivity index (χ0) is 20.4. The number of aryl methyl sites for hydroxylation is 1. The van der Waals surface area contributed by atoms with Gasteiger partial charge in [0.15, 0.2) is 0 Å². The van der Waals surface area contributed by atoms with Gasteiger partial charge in [0.25, 0.3) is 0 Å². The average molecular weight is 413 g/mol. The highest BCUT2D eigenvalue weighted by molar-refractivity contribution is 7.89. The summed E-state index contributed by atoms with van der Waals surface area (Å²) in [5, 5.41) is 0. The van der Waals surface area contributed by atoms with Gasteiger partial charge in [-0.05, 0) is 55.9 Å². The number of fused-ring (bicyclic) bond motifs is 1. The predicted molar refractivity (Wildman–Crippen MR) is 113 cm³/mol. The summed E-state index contributed by atoms with van der Waals surface area (Å²) in [6.07, 6.45) is 4.07. The molecule has 4 rings (SSSR count). The lowest BCUT2D eigenvalue weighted by Crippen LogP contribution is -2.43. The van der Waals surface area contributed by atoms with E-state index in [4.69, 9.17) is 0 Å². The molecule has 6 heteroatoms. The van der Waals surface area contributed by atoms with Crippen molar-refractivity contribution in [2.24, 2.45) is 0 Å². The fourth-order valence-electron chi connectivity index (χ4n) is 4.41. The largest absolute Gasteiger partial charge is 0.343 e. The molecule has 5 nitrogen and oxygen atoms in total. The highest BCUT2D eigenvalue weighted by Crippen LogP contribution is 2.37. The van der Waals surface area contributed by atoms with Gasteiger partial charge < -0.3 is 4.90 Å². The Morgan fingerprint density at radius 2 is 1.66 bits per heavy atom. The number of hydrogen-bond donors (Lipinski definition) is 0. The van der Waals surface area contributed by atoms with E-state index in [-0.39, 0.29) is 17.2 Å². The van der Waals surface area contributed by atoms with Gasteiger partial charge in [-0.25, -0.2) is 8.42 Å². The molecule has 0 radical (unpaired) electrons. The number of piperidine rings is 1. The number of amides is 1. The van der Waals surface area contributed by atoms with Crippen LogP contribution in [0, 0.1) is 6.92 Å². The molecular formula is C23H28N2O3S. The average Bonchev–Trinajstić information content (AvgIpc) is 2.74. The number of carbonyl (C=O) groups is 1. The van der Waals surface area contributed by atoms with Crippen molar-refractivity contribution >= 4 is 15.9 Å². The molecule has 0 saturated carbocycles. The van der Waals surface area contributed by atoms with Gasteiger partial charge in [-0.3, -0.25) is 4.79 Å².